The maximum absolute atomic E-state index is 5.48. The van der Waals surface area contributed by atoms with E-state index in [9.17, 15) is 0 Å². The Morgan fingerprint density at radius 1 is 1.33 bits per heavy atom. The van der Waals surface area contributed by atoms with Crippen LogP contribution in [0.5, 0.6) is 0 Å². The summed E-state index contributed by atoms with van der Waals surface area (Å²) in [5, 5.41) is 5.04. The van der Waals surface area contributed by atoms with Crippen molar-refractivity contribution in [3.8, 4) is 0 Å². The molecule has 0 aliphatic heterocycles. The molecule has 0 radical (unpaired) electrons. The van der Waals surface area contributed by atoms with Gasteiger partial charge in [-0.3, -0.25) is 4.90 Å². The van der Waals surface area contributed by atoms with E-state index in [1.54, 1.807) is 0 Å². The Morgan fingerprint density at radius 2 is 2.00 bits per heavy atom. The zero-order valence-electron chi connectivity index (χ0n) is 11.8. The molecule has 0 saturated carbocycles. The molecule has 0 atom stereocenters. The van der Waals surface area contributed by atoms with Gasteiger partial charge in [-0.05, 0) is 18.8 Å². The van der Waals surface area contributed by atoms with Crippen LogP contribution in [0.1, 0.15) is 46.2 Å². The second-order valence-electron chi connectivity index (χ2n) is 4.99. The number of aromatic nitrogens is 2. The summed E-state index contributed by atoms with van der Waals surface area (Å²) in [5.41, 5.74) is 3.63. The molecule has 6 heteroatoms. The second kappa shape index (κ2) is 7.66. The number of hydrazine groups is 1. The Bertz CT molecular complexity index is 335. The largest absolute Gasteiger partial charge is 0.313 e. The minimum Gasteiger partial charge on any atom is -0.313 e. The van der Waals surface area contributed by atoms with Gasteiger partial charge in [0, 0.05) is 30.7 Å². The summed E-state index contributed by atoms with van der Waals surface area (Å²) < 4.78 is 3.96. The first-order valence-electron chi connectivity index (χ1n) is 6.64. The van der Waals surface area contributed by atoms with Crippen LogP contribution < -0.4 is 11.3 Å². The normalized spacial score (nSPS) is 11.8. The molecule has 18 heavy (non-hydrogen) atoms. The molecule has 3 N–H and O–H groups in total. The fourth-order valence-corrected chi connectivity index (χ4v) is 2.72. The zero-order valence-corrected chi connectivity index (χ0v) is 12.6. The third-order valence-corrected chi connectivity index (χ3v) is 3.80. The van der Waals surface area contributed by atoms with Crippen molar-refractivity contribution in [1.82, 2.24) is 14.5 Å². The molecule has 1 aromatic rings. The third-order valence-electron chi connectivity index (χ3n) is 3.10. The molecule has 0 aliphatic carbocycles. The van der Waals surface area contributed by atoms with Gasteiger partial charge in [-0.2, -0.15) is 0 Å². The highest BCUT2D eigenvalue weighted by Crippen LogP contribution is 2.21. The van der Waals surface area contributed by atoms with Gasteiger partial charge < -0.3 is 5.43 Å². The van der Waals surface area contributed by atoms with Gasteiger partial charge in [0.05, 0.1) is 0 Å². The molecule has 1 rings (SSSR count). The quantitative estimate of drug-likeness (QED) is 0.561. The number of anilines is 1. The number of hydrogen-bond acceptors (Lipinski definition) is 6. The second-order valence-corrected chi connectivity index (χ2v) is 5.74. The summed E-state index contributed by atoms with van der Waals surface area (Å²) in [6.07, 6.45) is 2.32. The molecule has 5 nitrogen and oxygen atoms in total. The fraction of sp³-hybridized carbons (Fsp3) is 0.833. The van der Waals surface area contributed by atoms with Crippen LogP contribution in [0.25, 0.3) is 0 Å². The van der Waals surface area contributed by atoms with Crippen molar-refractivity contribution in [3.63, 3.8) is 0 Å². The summed E-state index contributed by atoms with van der Waals surface area (Å²) in [6, 6.07) is 0.597. The lowest BCUT2D eigenvalue weighted by Gasteiger charge is -2.31. The van der Waals surface area contributed by atoms with Gasteiger partial charge in [0.2, 0.25) is 0 Å². The minimum absolute atomic E-state index is 0.597. The lowest BCUT2D eigenvalue weighted by molar-refractivity contribution is 0.156. The minimum atomic E-state index is 0.597. The Balaban J connectivity index is 2.77. The molecule has 0 aliphatic rings. The van der Waals surface area contributed by atoms with Crippen LogP contribution in [0.4, 0.5) is 5.00 Å². The first kappa shape index (κ1) is 15.3. The molecule has 1 heterocycles. The molecule has 0 spiro atoms. The number of hydrogen-bond donors (Lipinski definition) is 2. The summed E-state index contributed by atoms with van der Waals surface area (Å²) in [7, 11) is 0. The molecule has 104 valence electrons. The van der Waals surface area contributed by atoms with Gasteiger partial charge in [-0.1, -0.05) is 32.2 Å². The van der Waals surface area contributed by atoms with E-state index < -0.39 is 0 Å². The number of rotatable bonds is 8. The van der Waals surface area contributed by atoms with E-state index in [1.807, 2.05) is 0 Å². The SMILES string of the molecule is CCC(CC)N(Cc1nnsc1NN)CC(C)C. The van der Waals surface area contributed by atoms with Crippen LogP contribution in [0.15, 0.2) is 0 Å². The highest BCUT2D eigenvalue weighted by Gasteiger charge is 2.19. The predicted molar refractivity (Wildman–Crippen MR) is 77.3 cm³/mol. The lowest BCUT2D eigenvalue weighted by atomic mass is 10.1. The molecule has 0 unspecified atom stereocenters. The summed E-state index contributed by atoms with van der Waals surface area (Å²) >= 11 is 1.31. The van der Waals surface area contributed by atoms with Crippen LogP contribution >= 0.6 is 11.5 Å². The average Bonchev–Trinajstić information content (AvgIpc) is 2.77. The van der Waals surface area contributed by atoms with E-state index in [1.165, 1.54) is 11.5 Å². The maximum Gasteiger partial charge on any atom is 0.148 e. The van der Waals surface area contributed by atoms with E-state index in [4.69, 9.17) is 5.84 Å². The van der Waals surface area contributed by atoms with Crippen LogP contribution in [0.2, 0.25) is 0 Å². The number of nitrogen functional groups attached to an aromatic ring is 1. The van der Waals surface area contributed by atoms with Crippen LogP contribution in [-0.2, 0) is 6.54 Å². The van der Waals surface area contributed by atoms with E-state index >= 15 is 0 Å². The van der Waals surface area contributed by atoms with E-state index in [0.29, 0.717) is 12.0 Å². The van der Waals surface area contributed by atoms with Gasteiger partial charge in [0.25, 0.3) is 0 Å². The molecular formula is C12H25N5S. The van der Waals surface area contributed by atoms with Gasteiger partial charge >= 0.3 is 0 Å². The standard InChI is InChI=1S/C12H25N5S/c1-5-10(6-2)17(7-9(3)4)8-11-12(14-13)18-16-15-11/h9-10,14H,5-8,13H2,1-4H3. The van der Waals surface area contributed by atoms with Gasteiger partial charge in [0.1, 0.15) is 10.7 Å². The molecule has 1 aromatic heterocycles. The molecule has 0 aromatic carbocycles. The van der Waals surface area contributed by atoms with E-state index in [2.05, 4.69) is 47.6 Å². The zero-order chi connectivity index (χ0) is 13.5. The van der Waals surface area contributed by atoms with Gasteiger partial charge in [0.15, 0.2) is 0 Å². The molecule has 0 bridgehead atoms. The number of nitrogens with one attached hydrogen (secondary N) is 1. The molecular weight excluding hydrogens is 246 g/mol. The first-order valence-corrected chi connectivity index (χ1v) is 7.41. The highest BCUT2D eigenvalue weighted by molar-refractivity contribution is 7.10. The molecule has 0 amide bonds. The Hall–Kier alpha value is -0.720. The summed E-state index contributed by atoms with van der Waals surface area (Å²) in [5.74, 6) is 6.12. The maximum atomic E-state index is 5.48. The lowest BCUT2D eigenvalue weighted by Crippen LogP contribution is -2.37. The fourth-order valence-electron chi connectivity index (χ4n) is 2.23. The Morgan fingerprint density at radius 3 is 2.50 bits per heavy atom. The van der Waals surface area contributed by atoms with Crippen molar-refractivity contribution in [2.24, 2.45) is 11.8 Å². The number of nitrogens with two attached hydrogens (primary N) is 1. The van der Waals surface area contributed by atoms with Crippen LogP contribution in [-0.4, -0.2) is 27.1 Å². The van der Waals surface area contributed by atoms with E-state index in [-0.39, 0.29) is 0 Å². The first-order chi connectivity index (χ1) is 8.62. The van der Waals surface area contributed by atoms with Gasteiger partial charge in [-0.25, -0.2) is 5.84 Å². The Labute approximate surface area is 114 Å². The third kappa shape index (κ3) is 4.19. The van der Waals surface area contributed by atoms with Crippen molar-refractivity contribution in [2.75, 3.05) is 12.0 Å². The van der Waals surface area contributed by atoms with Crippen LogP contribution in [0, 0.1) is 5.92 Å². The van der Waals surface area contributed by atoms with Crippen molar-refractivity contribution < 1.29 is 0 Å². The van der Waals surface area contributed by atoms with Crippen molar-refractivity contribution in [2.45, 2.75) is 53.1 Å². The molecule has 0 fully saturated rings. The average molecular weight is 271 g/mol. The molecule has 0 saturated heterocycles. The van der Waals surface area contributed by atoms with Crippen molar-refractivity contribution in [1.29, 1.82) is 0 Å². The van der Waals surface area contributed by atoms with Crippen LogP contribution in [0.3, 0.4) is 0 Å². The number of nitrogens with zero attached hydrogens (tertiary/aromatic N) is 3. The van der Waals surface area contributed by atoms with Crippen molar-refractivity contribution in [3.05, 3.63) is 5.69 Å². The monoisotopic (exact) mass is 271 g/mol. The summed E-state index contributed by atoms with van der Waals surface area (Å²) in [4.78, 5) is 2.49. The predicted octanol–water partition coefficient (Wildman–Crippen LogP) is 2.47. The Kier molecular flexibility index (Phi) is 6.52. The smallest absolute Gasteiger partial charge is 0.148 e. The van der Waals surface area contributed by atoms with Crippen molar-refractivity contribution >= 4 is 16.5 Å². The highest BCUT2D eigenvalue weighted by atomic mass is 32.1. The topological polar surface area (TPSA) is 67.1 Å². The van der Waals surface area contributed by atoms with E-state index in [0.717, 1.165) is 36.6 Å². The van der Waals surface area contributed by atoms with Gasteiger partial charge in [-0.15, -0.1) is 5.10 Å². The summed E-state index contributed by atoms with van der Waals surface area (Å²) in [6.45, 7) is 10.9.